The van der Waals surface area contributed by atoms with Crippen molar-refractivity contribution in [1.29, 1.82) is 0 Å². The average molecular weight is 482 g/mol. The summed E-state index contributed by atoms with van der Waals surface area (Å²) in [6, 6.07) is 23.4. The van der Waals surface area contributed by atoms with E-state index in [1.165, 1.54) is 0 Å². The van der Waals surface area contributed by atoms with E-state index in [4.69, 9.17) is 21.1 Å². The highest BCUT2D eigenvalue weighted by Crippen LogP contribution is 2.29. The molecule has 0 radical (unpaired) electrons. The number of ether oxygens (including phenoxy) is 2. The molecule has 0 amide bonds. The molecule has 170 valence electrons. The van der Waals surface area contributed by atoms with Gasteiger partial charge in [-0.15, -0.1) is 5.10 Å². The predicted molar refractivity (Wildman–Crippen MR) is 130 cm³/mol. The Morgan fingerprint density at radius 1 is 0.970 bits per heavy atom. The van der Waals surface area contributed by atoms with E-state index in [0.29, 0.717) is 23.1 Å². The summed E-state index contributed by atoms with van der Waals surface area (Å²) in [7, 11) is 1.65. The van der Waals surface area contributed by atoms with Crippen molar-refractivity contribution >= 4 is 23.4 Å². The van der Waals surface area contributed by atoms with Crippen molar-refractivity contribution in [2.24, 2.45) is 0 Å². The molecule has 0 spiro atoms. The first kappa shape index (κ1) is 23.1. The molecule has 1 N–H and O–H groups in total. The smallest absolute Gasteiger partial charge is 0.214 e. The number of nitrogens with one attached hydrogen (secondary N) is 1. The number of benzene rings is 3. The van der Waals surface area contributed by atoms with E-state index < -0.39 is 0 Å². The van der Waals surface area contributed by atoms with E-state index in [2.05, 4.69) is 20.8 Å². The Hall–Kier alpha value is -3.07. The molecule has 0 unspecified atom stereocenters. The zero-order chi connectivity index (χ0) is 22.9. The molecule has 0 saturated carbocycles. The van der Waals surface area contributed by atoms with Crippen LogP contribution in [0.1, 0.15) is 11.1 Å². The van der Waals surface area contributed by atoms with Crippen LogP contribution in [0.15, 0.2) is 78.0 Å². The maximum absolute atomic E-state index is 5.94. The van der Waals surface area contributed by atoms with E-state index in [9.17, 15) is 0 Å². The van der Waals surface area contributed by atoms with Gasteiger partial charge < -0.3 is 14.8 Å². The van der Waals surface area contributed by atoms with Gasteiger partial charge in [-0.05, 0) is 58.0 Å². The van der Waals surface area contributed by atoms with Crippen LogP contribution in [0.25, 0.3) is 5.69 Å². The minimum atomic E-state index is 0.449. The molecule has 0 aliphatic carbocycles. The average Bonchev–Trinajstić information content (AvgIpc) is 3.33. The van der Waals surface area contributed by atoms with Crippen molar-refractivity contribution in [3.05, 3.63) is 88.9 Å². The molecule has 0 aliphatic heterocycles. The van der Waals surface area contributed by atoms with Crippen LogP contribution in [0.4, 0.5) is 0 Å². The second kappa shape index (κ2) is 11.7. The number of hydrogen-bond acceptors (Lipinski definition) is 7. The van der Waals surface area contributed by atoms with Gasteiger partial charge in [0.05, 0.1) is 12.8 Å². The lowest BCUT2D eigenvalue weighted by Gasteiger charge is -2.13. The van der Waals surface area contributed by atoms with Crippen molar-refractivity contribution in [2.75, 3.05) is 19.4 Å². The van der Waals surface area contributed by atoms with Crippen molar-refractivity contribution in [1.82, 2.24) is 25.5 Å². The van der Waals surface area contributed by atoms with E-state index >= 15 is 0 Å². The number of para-hydroxylation sites is 1. The lowest BCUT2D eigenvalue weighted by Crippen LogP contribution is -2.17. The number of tetrazole rings is 1. The summed E-state index contributed by atoms with van der Waals surface area (Å²) < 4.78 is 13.2. The molecular weight excluding hydrogens is 458 g/mol. The third kappa shape index (κ3) is 6.47. The van der Waals surface area contributed by atoms with Crippen molar-refractivity contribution in [3.8, 4) is 17.2 Å². The number of halogens is 1. The summed E-state index contributed by atoms with van der Waals surface area (Å²) in [5, 5.41) is 16.9. The summed E-state index contributed by atoms with van der Waals surface area (Å²) in [6.07, 6.45) is 0. The highest BCUT2D eigenvalue weighted by Gasteiger charge is 2.09. The van der Waals surface area contributed by atoms with Gasteiger partial charge in [0.1, 0.15) is 6.61 Å². The molecule has 9 heteroatoms. The number of methoxy groups -OCH3 is 1. The van der Waals surface area contributed by atoms with Gasteiger partial charge in [-0.3, -0.25) is 0 Å². The third-order valence-electron chi connectivity index (χ3n) is 4.82. The van der Waals surface area contributed by atoms with Crippen LogP contribution in [0.2, 0.25) is 5.02 Å². The lowest BCUT2D eigenvalue weighted by atomic mass is 10.2. The Balaban J connectivity index is 1.24. The molecule has 0 fully saturated rings. The van der Waals surface area contributed by atoms with Gasteiger partial charge in [0, 0.05) is 23.9 Å². The fraction of sp³-hybridized carbons (Fsp3) is 0.208. The molecule has 4 aromatic rings. The topological polar surface area (TPSA) is 74.1 Å². The van der Waals surface area contributed by atoms with Crippen LogP contribution < -0.4 is 14.8 Å². The Morgan fingerprint density at radius 3 is 2.55 bits per heavy atom. The summed E-state index contributed by atoms with van der Waals surface area (Å²) in [5.41, 5.74) is 3.11. The molecule has 1 aromatic heterocycles. The predicted octanol–water partition coefficient (Wildman–Crippen LogP) is 4.79. The van der Waals surface area contributed by atoms with E-state index in [1.807, 2.05) is 72.8 Å². The zero-order valence-electron chi connectivity index (χ0n) is 18.1. The van der Waals surface area contributed by atoms with Crippen LogP contribution in [0.3, 0.4) is 0 Å². The zero-order valence-corrected chi connectivity index (χ0v) is 19.7. The maximum Gasteiger partial charge on any atom is 0.214 e. The molecular formula is C24H24ClN5O2S. The first-order chi connectivity index (χ1) is 16.2. The summed E-state index contributed by atoms with van der Waals surface area (Å²) in [4.78, 5) is 0. The number of rotatable bonds is 11. The van der Waals surface area contributed by atoms with Crippen molar-refractivity contribution in [3.63, 3.8) is 0 Å². The Morgan fingerprint density at radius 2 is 1.76 bits per heavy atom. The second-order valence-corrected chi connectivity index (χ2v) is 8.63. The molecule has 33 heavy (non-hydrogen) atoms. The monoisotopic (exact) mass is 481 g/mol. The fourth-order valence-electron chi connectivity index (χ4n) is 3.13. The largest absolute Gasteiger partial charge is 0.493 e. The highest BCUT2D eigenvalue weighted by molar-refractivity contribution is 7.99. The molecule has 0 aliphatic rings. The molecule has 0 atom stereocenters. The van der Waals surface area contributed by atoms with E-state index in [1.54, 1.807) is 23.6 Å². The van der Waals surface area contributed by atoms with Gasteiger partial charge in [0.25, 0.3) is 0 Å². The van der Waals surface area contributed by atoms with Gasteiger partial charge in [-0.1, -0.05) is 59.8 Å². The minimum absolute atomic E-state index is 0.449. The maximum atomic E-state index is 5.94. The van der Waals surface area contributed by atoms with Gasteiger partial charge in [0.2, 0.25) is 5.16 Å². The standard InChI is InChI=1S/C24H24ClN5O2S/c1-31-23-15-19(9-12-22(23)32-17-18-7-10-20(25)11-8-18)16-26-13-14-33-24-27-28-29-30(24)21-5-3-2-4-6-21/h2-12,15,26H,13-14,16-17H2,1H3. The number of hydrogen-bond donors (Lipinski definition) is 1. The minimum Gasteiger partial charge on any atom is -0.493 e. The second-order valence-electron chi connectivity index (χ2n) is 7.13. The number of thioether (sulfide) groups is 1. The van der Waals surface area contributed by atoms with Crippen LogP contribution in [0.5, 0.6) is 11.5 Å². The first-order valence-corrected chi connectivity index (χ1v) is 11.8. The molecule has 0 saturated heterocycles. The van der Waals surface area contributed by atoms with E-state index in [0.717, 1.165) is 40.8 Å². The van der Waals surface area contributed by atoms with E-state index in [-0.39, 0.29) is 0 Å². The summed E-state index contributed by atoms with van der Waals surface area (Å²) in [5.74, 6) is 2.26. The third-order valence-corrected chi connectivity index (χ3v) is 5.99. The summed E-state index contributed by atoms with van der Waals surface area (Å²) in [6.45, 7) is 1.98. The van der Waals surface area contributed by atoms with Gasteiger partial charge >= 0.3 is 0 Å². The van der Waals surface area contributed by atoms with Gasteiger partial charge in [-0.25, -0.2) is 0 Å². The SMILES string of the molecule is COc1cc(CNCCSc2nnnn2-c2ccccc2)ccc1OCc1ccc(Cl)cc1. The molecule has 3 aromatic carbocycles. The number of nitrogens with zero attached hydrogens (tertiary/aromatic N) is 4. The van der Waals surface area contributed by atoms with Crippen molar-refractivity contribution in [2.45, 2.75) is 18.3 Å². The van der Waals surface area contributed by atoms with Gasteiger partial charge in [-0.2, -0.15) is 4.68 Å². The highest BCUT2D eigenvalue weighted by atomic mass is 35.5. The Bertz CT molecular complexity index is 1160. The summed E-state index contributed by atoms with van der Waals surface area (Å²) >= 11 is 7.55. The molecule has 4 rings (SSSR count). The first-order valence-electron chi connectivity index (χ1n) is 10.4. The van der Waals surface area contributed by atoms with Crippen LogP contribution >= 0.6 is 23.4 Å². The Labute approximate surface area is 202 Å². The number of aromatic nitrogens is 4. The fourth-order valence-corrected chi connectivity index (χ4v) is 4.04. The van der Waals surface area contributed by atoms with Crippen LogP contribution in [0, 0.1) is 0 Å². The molecule has 7 nitrogen and oxygen atoms in total. The van der Waals surface area contributed by atoms with Crippen molar-refractivity contribution < 1.29 is 9.47 Å². The van der Waals surface area contributed by atoms with Gasteiger partial charge in [0.15, 0.2) is 11.5 Å². The van der Waals surface area contributed by atoms with Crippen LogP contribution in [-0.4, -0.2) is 39.6 Å². The lowest BCUT2D eigenvalue weighted by molar-refractivity contribution is 0.284. The quantitative estimate of drug-likeness (QED) is 0.244. The Kier molecular flexibility index (Phi) is 8.19. The molecule has 1 heterocycles. The normalized spacial score (nSPS) is 10.8. The molecule has 0 bridgehead atoms. The van der Waals surface area contributed by atoms with Crippen LogP contribution in [-0.2, 0) is 13.2 Å².